The highest BCUT2D eigenvalue weighted by atomic mass is 79.9. The number of alkyl halides is 3. The van der Waals surface area contributed by atoms with Gasteiger partial charge in [0, 0.05) is 27.4 Å². The fourth-order valence-electron chi connectivity index (χ4n) is 4.40. The van der Waals surface area contributed by atoms with Gasteiger partial charge in [-0.05, 0) is 48.9 Å². The molecule has 0 saturated heterocycles. The smallest absolute Gasteiger partial charge is 0.416 e. The Morgan fingerprint density at radius 1 is 1.09 bits per heavy atom. The van der Waals surface area contributed by atoms with Crippen LogP contribution in [0.1, 0.15) is 16.7 Å². The van der Waals surface area contributed by atoms with Gasteiger partial charge >= 0.3 is 11.9 Å². The maximum absolute atomic E-state index is 13.6. The van der Waals surface area contributed by atoms with E-state index in [1.54, 1.807) is 43.3 Å². The third-order valence-corrected chi connectivity index (χ3v) is 7.00. The summed E-state index contributed by atoms with van der Waals surface area (Å²) >= 11 is 3.21. The molecule has 5 rings (SSSR count). The standard InChI is InChI=1S/C31H21BrF3N5O5/c1-18-7-2-4-11-24(18)37-27(41)17-45-28-20(14-22(32)15-26(28)40(43)44)16-36-39-29(19-8-6-9-21(13-19)31(33,34)35)38-25-12-5-3-10-23(25)30(39)42/h2-16H,17H2,1H3,(H,37,41). The van der Waals surface area contributed by atoms with E-state index in [0.29, 0.717) is 5.69 Å². The number of aromatic nitrogens is 2. The Hall–Kier alpha value is -5.37. The predicted molar refractivity (Wildman–Crippen MR) is 166 cm³/mol. The van der Waals surface area contributed by atoms with Crippen molar-refractivity contribution >= 4 is 50.3 Å². The van der Waals surface area contributed by atoms with Crippen molar-refractivity contribution in [2.45, 2.75) is 13.1 Å². The monoisotopic (exact) mass is 679 g/mol. The first-order chi connectivity index (χ1) is 21.4. The molecule has 1 heterocycles. The molecule has 0 aliphatic carbocycles. The zero-order chi connectivity index (χ0) is 32.3. The van der Waals surface area contributed by atoms with Gasteiger partial charge in [0.2, 0.25) is 5.75 Å². The van der Waals surface area contributed by atoms with Crippen molar-refractivity contribution in [3.05, 3.63) is 127 Å². The van der Waals surface area contributed by atoms with Crippen LogP contribution in [0.5, 0.6) is 5.75 Å². The molecule has 228 valence electrons. The Kier molecular flexibility index (Phi) is 8.77. The van der Waals surface area contributed by atoms with Crippen molar-refractivity contribution in [2.75, 3.05) is 11.9 Å². The number of aryl methyl sites for hydroxylation is 1. The topological polar surface area (TPSA) is 129 Å². The molecule has 0 aliphatic heterocycles. The van der Waals surface area contributed by atoms with Gasteiger partial charge in [0.1, 0.15) is 0 Å². The Balaban J connectivity index is 1.59. The normalized spacial score (nSPS) is 11.6. The van der Waals surface area contributed by atoms with E-state index in [9.17, 15) is 32.9 Å². The van der Waals surface area contributed by atoms with Gasteiger partial charge in [0.25, 0.3) is 11.5 Å². The van der Waals surface area contributed by atoms with E-state index in [4.69, 9.17) is 4.74 Å². The second-order valence-corrected chi connectivity index (χ2v) is 10.6. The first-order valence-electron chi connectivity index (χ1n) is 13.1. The van der Waals surface area contributed by atoms with Crippen LogP contribution in [0.25, 0.3) is 22.3 Å². The number of amides is 1. The number of fused-ring (bicyclic) bond motifs is 1. The van der Waals surface area contributed by atoms with E-state index in [-0.39, 0.29) is 38.1 Å². The minimum absolute atomic E-state index is 0.00480. The summed E-state index contributed by atoms with van der Waals surface area (Å²) in [5.74, 6) is -1.12. The molecule has 1 amide bonds. The molecule has 0 saturated carbocycles. The minimum Gasteiger partial charge on any atom is -0.476 e. The Morgan fingerprint density at radius 2 is 1.82 bits per heavy atom. The molecular weight excluding hydrogens is 659 g/mol. The molecule has 0 radical (unpaired) electrons. The molecule has 0 unspecified atom stereocenters. The molecular formula is C31H21BrF3N5O5. The molecule has 0 bridgehead atoms. The fraction of sp³-hybridized carbons (Fsp3) is 0.0968. The number of hydrogen-bond acceptors (Lipinski definition) is 7. The van der Waals surface area contributed by atoms with Crippen molar-refractivity contribution in [3.63, 3.8) is 0 Å². The van der Waals surface area contributed by atoms with Gasteiger partial charge < -0.3 is 10.1 Å². The number of carbonyl (C=O) groups is 1. The molecule has 4 aromatic carbocycles. The van der Waals surface area contributed by atoms with Crippen LogP contribution in [0, 0.1) is 17.0 Å². The highest BCUT2D eigenvalue weighted by molar-refractivity contribution is 9.10. The lowest BCUT2D eigenvalue weighted by Crippen LogP contribution is -2.22. The predicted octanol–water partition coefficient (Wildman–Crippen LogP) is 6.96. The van der Waals surface area contributed by atoms with E-state index in [2.05, 4.69) is 31.3 Å². The van der Waals surface area contributed by atoms with Crippen LogP contribution in [-0.4, -0.2) is 33.3 Å². The lowest BCUT2D eigenvalue weighted by atomic mass is 10.1. The summed E-state index contributed by atoms with van der Waals surface area (Å²) in [7, 11) is 0. The van der Waals surface area contributed by atoms with Crippen molar-refractivity contribution in [3.8, 4) is 17.1 Å². The van der Waals surface area contributed by atoms with Crippen LogP contribution < -0.4 is 15.6 Å². The number of anilines is 1. The quantitative estimate of drug-likeness (QED) is 0.107. The van der Waals surface area contributed by atoms with Crippen molar-refractivity contribution in [1.82, 2.24) is 9.66 Å². The number of ether oxygens (including phenoxy) is 1. The lowest BCUT2D eigenvalue weighted by molar-refractivity contribution is -0.385. The zero-order valence-electron chi connectivity index (χ0n) is 23.2. The number of nitro groups is 1. The Bertz CT molecular complexity index is 2050. The van der Waals surface area contributed by atoms with E-state index >= 15 is 0 Å². The molecule has 10 nitrogen and oxygen atoms in total. The number of nitrogens with zero attached hydrogens (tertiary/aromatic N) is 4. The van der Waals surface area contributed by atoms with Gasteiger partial charge in [-0.2, -0.15) is 22.9 Å². The van der Waals surface area contributed by atoms with Crippen molar-refractivity contribution in [2.24, 2.45) is 5.10 Å². The third kappa shape index (κ3) is 6.91. The summed E-state index contributed by atoms with van der Waals surface area (Å²) in [5.41, 5.74) is -0.666. The van der Waals surface area contributed by atoms with Gasteiger partial charge in [0.05, 0.1) is 27.6 Å². The van der Waals surface area contributed by atoms with E-state index in [1.165, 1.54) is 36.4 Å². The Morgan fingerprint density at radius 3 is 2.56 bits per heavy atom. The average molecular weight is 680 g/mol. The van der Waals surface area contributed by atoms with Crippen LogP contribution in [-0.2, 0) is 11.0 Å². The second-order valence-electron chi connectivity index (χ2n) is 9.64. The number of nitrogens with one attached hydrogen (secondary N) is 1. The molecule has 0 fully saturated rings. The van der Waals surface area contributed by atoms with E-state index in [0.717, 1.165) is 28.6 Å². The minimum atomic E-state index is -4.66. The number of benzene rings is 4. The SMILES string of the molecule is Cc1ccccc1NC(=O)COc1c(C=Nn2c(-c3cccc(C(F)(F)F)c3)nc3ccccc3c2=O)cc(Br)cc1[N+](=O)[O-]. The lowest BCUT2D eigenvalue weighted by Gasteiger charge is -2.13. The maximum atomic E-state index is 13.6. The van der Waals surface area contributed by atoms with E-state index in [1.807, 2.05) is 0 Å². The average Bonchev–Trinajstić information content (AvgIpc) is 3.00. The summed E-state index contributed by atoms with van der Waals surface area (Å²) < 4.78 is 47.3. The van der Waals surface area contributed by atoms with Crippen LogP contribution >= 0.6 is 15.9 Å². The van der Waals surface area contributed by atoms with Crippen molar-refractivity contribution < 1.29 is 27.6 Å². The number of carbonyl (C=O) groups excluding carboxylic acids is 1. The molecule has 5 aromatic rings. The Labute approximate surface area is 261 Å². The van der Waals surface area contributed by atoms with Gasteiger partial charge in [-0.25, -0.2) is 4.98 Å². The van der Waals surface area contributed by atoms with Crippen LogP contribution in [0.3, 0.4) is 0 Å². The zero-order valence-corrected chi connectivity index (χ0v) is 24.8. The van der Waals surface area contributed by atoms with Crippen molar-refractivity contribution in [1.29, 1.82) is 0 Å². The molecule has 0 aliphatic rings. The molecule has 0 spiro atoms. The maximum Gasteiger partial charge on any atom is 0.416 e. The van der Waals surface area contributed by atoms with E-state index < -0.39 is 40.4 Å². The third-order valence-electron chi connectivity index (χ3n) is 6.54. The summed E-state index contributed by atoms with van der Waals surface area (Å²) in [6, 6.07) is 20.1. The fourth-order valence-corrected chi connectivity index (χ4v) is 4.86. The number of halogens is 4. The highest BCUT2D eigenvalue weighted by Gasteiger charge is 2.31. The number of para-hydroxylation sites is 2. The van der Waals surface area contributed by atoms with Crippen LogP contribution in [0.15, 0.2) is 99.3 Å². The van der Waals surface area contributed by atoms with Gasteiger partial charge in [-0.15, -0.1) is 0 Å². The molecule has 14 heteroatoms. The second kappa shape index (κ2) is 12.7. The van der Waals surface area contributed by atoms with Crippen LogP contribution in [0.2, 0.25) is 0 Å². The highest BCUT2D eigenvalue weighted by Crippen LogP contribution is 2.35. The van der Waals surface area contributed by atoms with Gasteiger partial charge in [-0.3, -0.25) is 19.7 Å². The number of nitro benzene ring substituents is 1. The summed E-state index contributed by atoms with van der Waals surface area (Å²) in [4.78, 5) is 41.9. The van der Waals surface area contributed by atoms with Crippen LogP contribution in [0.4, 0.5) is 24.5 Å². The van der Waals surface area contributed by atoms with Gasteiger partial charge in [-0.1, -0.05) is 58.4 Å². The summed E-state index contributed by atoms with van der Waals surface area (Å²) in [6.07, 6.45) is -3.59. The molecule has 1 N–H and O–H groups in total. The van der Waals surface area contributed by atoms with Gasteiger partial charge in [0.15, 0.2) is 12.4 Å². The molecule has 0 atom stereocenters. The largest absolute Gasteiger partial charge is 0.476 e. The summed E-state index contributed by atoms with van der Waals surface area (Å²) in [6.45, 7) is 1.19. The molecule has 45 heavy (non-hydrogen) atoms. The first-order valence-corrected chi connectivity index (χ1v) is 13.9. The molecule has 1 aromatic heterocycles. The number of hydrogen-bond donors (Lipinski definition) is 1. The number of rotatable bonds is 8. The summed E-state index contributed by atoms with van der Waals surface area (Å²) in [5, 5.41) is 19.0. The first kappa shape index (κ1) is 31.1.